The van der Waals surface area contributed by atoms with Gasteiger partial charge in [0.2, 0.25) is 5.88 Å². The molecule has 174 valence electrons. The monoisotopic (exact) mass is 457 g/mol. The summed E-state index contributed by atoms with van der Waals surface area (Å²) in [4.78, 5) is 15.2. The maximum absolute atomic E-state index is 9.93. The van der Waals surface area contributed by atoms with Crippen LogP contribution in [0.25, 0.3) is 0 Å². The van der Waals surface area contributed by atoms with Crippen molar-refractivity contribution in [3.8, 4) is 23.5 Å². The number of aliphatic hydroxyl groups excluding tert-OH is 1. The van der Waals surface area contributed by atoms with E-state index >= 15 is 0 Å². The largest absolute Gasteiger partial charge is 0.506 e. The average molecular weight is 458 g/mol. The minimum absolute atomic E-state index is 0.0610. The summed E-state index contributed by atoms with van der Waals surface area (Å²) in [7, 11) is 0. The van der Waals surface area contributed by atoms with E-state index < -0.39 is 0 Å². The number of aliphatic hydroxyl groups is 1. The van der Waals surface area contributed by atoms with Crippen LogP contribution in [0.2, 0.25) is 0 Å². The third kappa shape index (κ3) is 4.28. The first-order chi connectivity index (χ1) is 16.6. The highest BCUT2D eigenvalue weighted by atomic mass is 16.5. The molecule has 1 atom stereocenters. The maximum atomic E-state index is 9.93. The molecule has 34 heavy (non-hydrogen) atoms. The molecular formula is C26H27N5O3. The van der Waals surface area contributed by atoms with Crippen LogP contribution in [0.5, 0.6) is 11.6 Å². The molecule has 0 saturated carbocycles. The van der Waals surface area contributed by atoms with Gasteiger partial charge in [-0.05, 0) is 47.8 Å². The van der Waals surface area contributed by atoms with Gasteiger partial charge in [-0.1, -0.05) is 30.2 Å². The molecule has 0 amide bonds. The lowest BCUT2D eigenvalue weighted by atomic mass is 9.73. The number of nitrogens with two attached hydrogens (primary N) is 1. The Morgan fingerprint density at radius 1 is 1.12 bits per heavy atom. The second-order valence-electron chi connectivity index (χ2n) is 8.83. The Morgan fingerprint density at radius 2 is 1.94 bits per heavy atom. The molecule has 1 aliphatic carbocycles. The van der Waals surface area contributed by atoms with Crippen molar-refractivity contribution in [2.75, 3.05) is 24.6 Å². The molecule has 1 spiro atoms. The van der Waals surface area contributed by atoms with Crippen molar-refractivity contribution in [1.29, 1.82) is 0 Å². The second kappa shape index (κ2) is 9.29. The zero-order valence-electron chi connectivity index (χ0n) is 18.8. The van der Waals surface area contributed by atoms with Gasteiger partial charge in [0.25, 0.3) is 0 Å². The number of nitrogens with zero attached hydrogens (tertiary/aromatic N) is 4. The zero-order valence-corrected chi connectivity index (χ0v) is 18.8. The zero-order chi connectivity index (χ0) is 23.5. The molecule has 3 heterocycles. The van der Waals surface area contributed by atoms with Gasteiger partial charge in [0, 0.05) is 25.2 Å². The SMILES string of the molecule is N[C@@H]1c2ccccc2CC12CCN(c1ncc(C#CCOc3ccc(O)cn3)nc1CO)CC2. The molecule has 2 aromatic heterocycles. The fourth-order valence-electron chi connectivity index (χ4n) is 5.02. The number of fused-ring (bicyclic) bond motifs is 1. The fourth-order valence-corrected chi connectivity index (χ4v) is 5.02. The lowest BCUT2D eigenvalue weighted by Crippen LogP contribution is -2.45. The van der Waals surface area contributed by atoms with Gasteiger partial charge in [-0.2, -0.15) is 0 Å². The highest BCUT2D eigenvalue weighted by molar-refractivity contribution is 5.47. The van der Waals surface area contributed by atoms with Gasteiger partial charge >= 0.3 is 0 Å². The van der Waals surface area contributed by atoms with Crippen molar-refractivity contribution < 1.29 is 14.9 Å². The summed E-state index contributed by atoms with van der Waals surface area (Å²) in [5.74, 6) is 6.94. The number of hydrogen-bond acceptors (Lipinski definition) is 8. The van der Waals surface area contributed by atoms with E-state index in [0.717, 1.165) is 32.4 Å². The number of hydrogen-bond donors (Lipinski definition) is 3. The Balaban J connectivity index is 1.23. The summed E-state index contributed by atoms with van der Waals surface area (Å²) >= 11 is 0. The number of benzene rings is 1. The smallest absolute Gasteiger partial charge is 0.214 e. The Hall–Kier alpha value is -3.67. The van der Waals surface area contributed by atoms with Crippen molar-refractivity contribution in [2.24, 2.45) is 11.1 Å². The van der Waals surface area contributed by atoms with E-state index in [4.69, 9.17) is 10.5 Å². The quantitative estimate of drug-likeness (QED) is 0.511. The molecule has 1 fully saturated rings. The molecular weight excluding hydrogens is 430 g/mol. The van der Waals surface area contributed by atoms with Crippen molar-refractivity contribution >= 4 is 5.82 Å². The van der Waals surface area contributed by atoms with Crippen LogP contribution < -0.4 is 15.4 Å². The van der Waals surface area contributed by atoms with Gasteiger partial charge in [-0.3, -0.25) is 0 Å². The van der Waals surface area contributed by atoms with Gasteiger partial charge in [0.15, 0.2) is 12.4 Å². The number of anilines is 1. The number of ether oxygens (including phenoxy) is 1. The normalized spacial score (nSPS) is 18.3. The number of aromatic hydroxyl groups is 1. The molecule has 2 aliphatic rings. The number of pyridine rings is 1. The summed E-state index contributed by atoms with van der Waals surface area (Å²) in [6.07, 6.45) is 5.90. The lowest BCUT2D eigenvalue weighted by Gasteiger charge is -2.42. The van der Waals surface area contributed by atoms with Gasteiger partial charge in [-0.15, -0.1) is 0 Å². The van der Waals surface area contributed by atoms with E-state index in [9.17, 15) is 10.2 Å². The van der Waals surface area contributed by atoms with Crippen LogP contribution in [0, 0.1) is 17.3 Å². The van der Waals surface area contributed by atoms with Crippen molar-refractivity contribution in [3.05, 3.63) is 71.3 Å². The highest BCUT2D eigenvalue weighted by Crippen LogP contribution is 2.50. The number of piperidine rings is 1. The average Bonchev–Trinajstić information content (AvgIpc) is 3.14. The second-order valence-corrected chi connectivity index (χ2v) is 8.83. The van der Waals surface area contributed by atoms with E-state index in [-0.39, 0.29) is 30.4 Å². The van der Waals surface area contributed by atoms with Crippen LogP contribution in [0.3, 0.4) is 0 Å². The van der Waals surface area contributed by atoms with E-state index in [1.165, 1.54) is 23.4 Å². The summed E-state index contributed by atoms with van der Waals surface area (Å²) in [6, 6.07) is 11.6. The first-order valence-electron chi connectivity index (χ1n) is 11.4. The maximum Gasteiger partial charge on any atom is 0.214 e. The molecule has 5 rings (SSSR count). The van der Waals surface area contributed by atoms with Crippen molar-refractivity contribution in [1.82, 2.24) is 15.0 Å². The highest BCUT2D eigenvalue weighted by Gasteiger charge is 2.46. The number of rotatable bonds is 4. The Kier molecular flexibility index (Phi) is 6.05. The Labute approximate surface area is 198 Å². The van der Waals surface area contributed by atoms with E-state index in [1.54, 1.807) is 12.3 Å². The predicted molar refractivity (Wildman–Crippen MR) is 127 cm³/mol. The van der Waals surface area contributed by atoms with Gasteiger partial charge < -0.3 is 25.6 Å². The fraction of sp³-hybridized carbons (Fsp3) is 0.346. The molecule has 8 nitrogen and oxygen atoms in total. The third-order valence-corrected chi connectivity index (χ3v) is 6.85. The van der Waals surface area contributed by atoms with Crippen LogP contribution in [-0.2, 0) is 13.0 Å². The summed E-state index contributed by atoms with van der Waals surface area (Å²) < 4.78 is 5.42. The van der Waals surface area contributed by atoms with Gasteiger partial charge in [-0.25, -0.2) is 15.0 Å². The van der Waals surface area contributed by atoms with Gasteiger partial charge in [0.05, 0.1) is 19.0 Å². The molecule has 0 bridgehead atoms. The first-order valence-corrected chi connectivity index (χ1v) is 11.4. The van der Waals surface area contributed by atoms with E-state index in [2.05, 4.69) is 56.0 Å². The summed E-state index contributed by atoms with van der Waals surface area (Å²) in [5, 5.41) is 19.2. The summed E-state index contributed by atoms with van der Waals surface area (Å²) in [6.45, 7) is 1.55. The third-order valence-electron chi connectivity index (χ3n) is 6.85. The van der Waals surface area contributed by atoms with Gasteiger partial charge in [0.1, 0.15) is 17.1 Å². The van der Waals surface area contributed by atoms with Crippen molar-refractivity contribution in [3.63, 3.8) is 0 Å². The van der Waals surface area contributed by atoms with Crippen molar-refractivity contribution in [2.45, 2.75) is 31.9 Å². The topological polar surface area (TPSA) is 118 Å². The lowest BCUT2D eigenvalue weighted by molar-refractivity contribution is 0.186. The van der Waals surface area contributed by atoms with E-state index in [1.807, 2.05) is 0 Å². The minimum Gasteiger partial charge on any atom is -0.506 e. The van der Waals surface area contributed by atoms with Crippen LogP contribution >= 0.6 is 0 Å². The molecule has 0 unspecified atom stereocenters. The molecule has 1 aliphatic heterocycles. The van der Waals surface area contributed by atoms with E-state index in [0.29, 0.717) is 23.1 Å². The molecule has 1 saturated heterocycles. The molecule has 0 radical (unpaired) electrons. The molecule has 1 aromatic carbocycles. The van der Waals surface area contributed by atoms with Crippen LogP contribution in [-0.4, -0.2) is 44.9 Å². The molecule has 4 N–H and O–H groups in total. The Morgan fingerprint density at radius 3 is 2.68 bits per heavy atom. The minimum atomic E-state index is -0.210. The van der Waals surface area contributed by atoms with Crippen LogP contribution in [0.1, 0.15) is 41.4 Å². The van der Waals surface area contributed by atoms with Crippen LogP contribution in [0.4, 0.5) is 5.82 Å². The first kappa shape index (κ1) is 22.1. The Bertz CT molecular complexity index is 1230. The standard InChI is InChI=1S/C26H27N5O3/c27-24-21-6-2-1-4-18(21)14-26(24)9-11-31(12-10-26)25-22(17-32)30-19(15-29-25)5-3-13-34-23-8-7-20(33)16-28-23/h1-2,4,6-8,15-16,24,32-33H,9-14,17,27H2/t24-/m1/s1. The predicted octanol–water partition coefficient (Wildman–Crippen LogP) is 2.34. The summed E-state index contributed by atoms with van der Waals surface area (Å²) in [5.41, 5.74) is 10.4. The van der Waals surface area contributed by atoms with Crippen LogP contribution in [0.15, 0.2) is 48.8 Å². The molecule has 8 heteroatoms. The number of aromatic nitrogens is 3. The molecule has 3 aromatic rings.